The van der Waals surface area contributed by atoms with E-state index < -0.39 is 11.5 Å². The highest BCUT2D eigenvalue weighted by Gasteiger charge is 2.46. The van der Waals surface area contributed by atoms with E-state index in [4.69, 9.17) is 5.11 Å². The molecule has 1 aliphatic carbocycles. The van der Waals surface area contributed by atoms with Crippen LogP contribution >= 0.6 is 0 Å². The van der Waals surface area contributed by atoms with E-state index in [0.29, 0.717) is 25.9 Å². The van der Waals surface area contributed by atoms with Crippen molar-refractivity contribution in [3.05, 3.63) is 0 Å². The summed E-state index contributed by atoms with van der Waals surface area (Å²) in [5, 5.41) is 11.7. The molecule has 92 valence electrons. The first-order valence-electron chi connectivity index (χ1n) is 5.86. The quantitative estimate of drug-likeness (QED) is 0.748. The molecule has 1 saturated carbocycles. The van der Waals surface area contributed by atoms with Crippen molar-refractivity contribution in [3.63, 3.8) is 0 Å². The van der Waals surface area contributed by atoms with Crippen LogP contribution in [-0.4, -0.2) is 40.6 Å². The van der Waals surface area contributed by atoms with E-state index >= 15 is 0 Å². The number of carbonyl (C=O) groups is 2. The maximum absolute atomic E-state index is 11.8. The summed E-state index contributed by atoms with van der Waals surface area (Å²) in [7, 11) is 0. The van der Waals surface area contributed by atoms with Crippen molar-refractivity contribution in [2.75, 3.05) is 13.1 Å². The van der Waals surface area contributed by atoms with Gasteiger partial charge in [0, 0.05) is 13.1 Å². The molecule has 5 heteroatoms. The third-order valence-electron chi connectivity index (χ3n) is 3.13. The largest absolute Gasteiger partial charge is 0.480 e. The van der Waals surface area contributed by atoms with E-state index in [0.717, 1.165) is 12.8 Å². The number of urea groups is 1. The summed E-state index contributed by atoms with van der Waals surface area (Å²) < 4.78 is 0. The van der Waals surface area contributed by atoms with Gasteiger partial charge >= 0.3 is 12.0 Å². The zero-order valence-electron chi connectivity index (χ0n) is 9.95. The number of carboxylic acid groups (broad SMARTS) is 1. The zero-order valence-corrected chi connectivity index (χ0v) is 9.95. The van der Waals surface area contributed by atoms with Gasteiger partial charge in [0.05, 0.1) is 0 Å². The van der Waals surface area contributed by atoms with Gasteiger partial charge in [0.25, 0.3) is 0 Å². The molecule has 0 bridgehead atoms. The van der Waals surface area contributed by atoms with E-state index in [1.54, 1.807) is 4.90 Å². The molecule has 0 aromatic heterocycles. The van der Waals surface area contributed by atoms with Crippen LogP contribution in [0.3, 0.4) is 0 Å². The Morgan fingerprint density at radius 1 is 1.38 bits per heavy atom. The first kappa shape index (κ1) is 12.8. The number of hydrogen-bond donors (Lipinski definition) is 2. The molecule has 1 aliphatic rings. The van der Waals surface area contributed by atoms with Crippen molar-refractivity contribution in [1.82, 2.24) is 10.2 Å². The Hall–Kier alpha value is -1.26. The van der Waals surface area contributed by atoms with Gasteiger partial charge in [-0.15, -0.1) is 0 Å². The van der Waals surface area contributed by atoms with Crippen LogP contribution in [0.4, 0.5) is 4.79 Å². The summed E-state index contributed by atoms with van der Waals surface area (Å²) >= 11 is 0. The van der Waals surface area contributed by atoms with Crippen molar-refractivity contribution >= 4 is 12.0 Å². The van der Waals surface area contributed by atoms with Crippen molar-refractivity contribution in [3.8, 4) is 0 Å². The van der Waals surface area contributed by atoms with Gasteiger partial charge < -0.3 is 15.3 Å². The van der Waals surface area contributed by atoms with Crippen molar-refractivity contribution in [1.29, 1.82) is 0 Å². The number of amides is 2. The fourth-order valence-corrected chi connectivity index (χ4v) is 1.88. The van der Waals surface area contributed by atoms with Gasteiger partial charge in [-0.2, -0.15) is 0 Å². The van der Waals surface area contributed by atoms with Crippen LogP contribution < -0.4 is 5.32 Å². The topological polar surface area (TPSA) is 69.6 Å². The maximum Gasteiger partial charge on any atom is 0.329 e. The Morgan fingerprint density at radius 2 is 2.00 bits per heavy atom. The summed E-state index contributed by atoms with van der Waals surface area (Å²) in [6, 6.07) is -0.258. The summed E-state index contributed by atoms with van der Waals surface area (Å²) in [5.41, 5.74) is -1.00. The fraction of sp³-hybridized carbons (Fsp3) is 0.818. The smallest absolute Gasteiger partial charge is 0.329 e. The third-order valence-corrected chi connectivity index (χ3v) is 3.13. The molecule has 0 atom stereocenters. The van der Waals surface area contributed by atoms with Gasteiger partial charge in [0.2, 0.25) is 0 Å². The normalized spacial score (nSPS) is 17.4. The summed E-state index contributed by atoms with van der Waals surface area (Å²) in [5.74, 6) is -0.917. The van der Waals surface area contributed by atoms with Crippen LogP contribution in [0.5, 0.6) is 0 Å². The van der Waals surface area contributed by atoms with Crippen LogP contribution in [0.25, 0.3) is 0 Å². The highest BCUT2D eigenvalue weighted by Crippen LogP contribution is 2.32. The monoisotopic (exact) mass is 228 g/mol. The van der Waals surface area contributed by atoms with Crippen LogP contribution in [0.1, 0.15) is 39.5 Å². The predicted molar refractivity (Wildman–Crippen MR) is 60.3 cm³/mol. The fourth-order valence-electron chi connectivity index (χ4n) is 1.88. The van der Waals surface area contributed by atoms with E-state index in [1.165, 1.54) is 0 Å². The van der Waals surface area contributed by atoms with Crippen molar-refractivity contribution in [2.24, 2.45) is 0 Å². The molecule has 2 N–H and O–H groups in total. The molecule has 0 heterocycles. The second kappa shape index (κ2) is 5.18. The molecule has 0 unspecified atom stereocenters. The van der Waals surface area contributed by atoms with Crippen molar-refractivity contribution < 1.29 is 14.7 Å². The number of aliphatic carboxylic acids is 1. The number of nitrogens with zero attached hydrogens (tertiary/aromatic N) is 1. The lowest BCUT2D eigenvalue weighted by molar-refractivity contribution is -0.148. The van der Waals surface area contributed by atoms with Crippen LogP contribution in [0, 0.1) is 0 Å². The first-order valence-corrected chi connectivity index (χ1v) is 5.86. The van der Waals surface area contributed by atoms with Gasteiger partial charge in [-0.05, 0) is 32.6 Å². The molecular formula is C11H20N2O3. The van der Waals surface area contributed by atoms with E-state index in [2.05, 4.69) is 5.32 Å². The molecule has 0 aromatic carbocycles. The standard InChI is InChI=1S/C11H20N2O3/c1-3-8-13(4-2)10(16)12-11(9(14)15)6-5-7-11/h3-8H2,1-2H3,(H,12,16)(H,14,15). The number of carbonyl (C=O) groups excluding carboxylic acids is 1. The Morgan fingerprint density at radius 3 is 2.31 bits per heavy atom. The molecule has 5 nitrogen and oxygen atoms in total. The van der Waals surface area contributed by atoms with E-state index in [9.17, 15) is 9.59 Å². The molecule has 2 amide bonds. The number of hydrogen-bond acceptors (Lipinski definition) is 2. The predicted octanol–water partition coefficient (Wildman–Crippen LogP) is 1.44. The molecule has 1 rings (SSSR count). The summed E-state index contributed by atoms with van der Waals surface area (Å²) in [4.78, 5) is 24.5. The number of nitrogens with one attached hydrogen (secondary N) is 1. The summed E-state index contributed by atoms with van der Waals surface area (Å²) in [6.45, 7) is 5.16. The van der Waals surface area contributed by atoms with E-state index in [1.807, 2.05) is 13.8 Å². The molecule has 0 radical (unpaired) electrons. The van der Waals surface area contributed by atoms with E-state index in [-0.39, 0.29) is 6.03 Å². The zero-order chi connectivity index (χ0) is 12.2. The minimum atomic E-state index is -1.00. The molecule has 0 aromatic rings. The van der Waals surface area contributed by atoms with Crippen LogP contribution in [0.15, 0.2) is 0 Å². The van der Waals surface area contributed by atoms with Gasteiger partial charge in [-0.25, -0.2) is 9.59 Å². The molecule has 0 spiro atoms. The number of rotatable bonds is 5. The van der Waals surface area contributed by atoms with Crippen molar-refractivity contribution in [2.45, 2.75) is 45.1 Å². The Kier molecular flexibility index (Phi) is 4.15. The highest BCUT2D eigenvalue weighted by molar-refractivity contribution is 5.87. The van der Waals surface area contributed by atoms with Crippen LogP contribution in [0.2, 0.25) is 0 Å². The average Bonchev–Trinajstić information content (AvgIpc) is 2.18. The second-order valence-corrected chi connectivity index (χ2v) is 4.25. The highest BCUT2D eigenvalue weighted by atomic mass is 16.4. The number of carboxylic acids is 1. The molecular weight excluding hydrogens is 208 g/mol. The lowest BCUT2D eigenvalue weighted by Gasteiger charge is -2.39. The first-order chi connectivity index (χ1) is 7.55. The lowest BCUT2D eigenvalue weighted by atomic mass is 9.77. The van der Waals surface area contributed by atoms with Gasteiger partial charge in [0.15, 0.2) is 0 Å². The minimum absolute atomic E-state index is 0.258. The SMILES string of the molecule is CCCN(CC)C(=O)NC1(C(=O)O)CCC1. The molecule has 0 aliphatic heterocycles. The Balaban J connectivity index is 2.58. The van der Waals surface area contributed by atoms with Gasteiger partial charge in [-0.1, -0.05) is 6.92 Å². The molecule has 0 saturated heterocycles. The Bertz CT molecular complexity index is 274. The third kappa shape index (κ3) is 2.46. The van der Waals surface area contributed by atoms with Gasteiger partial charge in [0.1, 0.15) is 5.54 Å². The van der Waals surface area contributed by atoms with Gasteiger partial charge in [-0.3, -0.25) is 0 Å². The second-order valence-electron chi connectivity index (χ2n) is 4.25. The Labute approximate surface area is 95.8 Å². The summed E-state index contributed by atoms with van der Waals surface area (Å²) in [6.07, 6.45) is 2.82. The molecule has 16 heavy (non-hydrogen) atoms. The average molecular weight is 228 g/mol. The minimum Gasteiger partial charge on any atom is -0.480 e. The lowest BCUT2D eigenvalue weighted by Crippen LogP contribution is -2.61. The maximum atomic E-state index is 11.8. The van der Waals surface area contributed by atoms with Crippen LogP contribution in [-0.2, 0) is 4.79 Å². The molecule has 1 fully saturated rings.